The van der Waals surface area contributed by atoms with E-state index in [0.29, 0.717) is 29.6 Å². The van der Waals surface area contributed by atoms with Gasteiger partial charge in [0.05, 0.1) is 10.7 Å². The van der Waals surface area contributed by atoms with Crippen molar-refractivity contribution in [1.82, 2.24) is 10.3 Å². The summed E-state index contributed by atoms with van der Waals surface area (Å²) in [5.41, 5.74) is 2.18. The van der Waals surface area contributed by atoms with Crippen molar-refractivity contribution >= 4 is 34.6 Å². The van der Waals surface area contributed by atoms with Gasteiger partial charge in [0.15, 0.2) is 0 Å². The molecule has 0 unspecified atom stereocenters. The molecule has 24 heavy (non-hydrogen) atoms. The second kappa shape index (κ2) is 6.60. The number of aromatic nitrogens is 1. The van der Waals surface area contributed by atoms with Crippen LogP contribution in [0.3, 0.4) is 0 Å². The van der Waals surface area contributed by atoms with E-state index in [1.165, 1.54) is 11.3 Å². The minimum Gasteiger partial charge on any atom is -0.336 e. The molecule has 1 aromatic heterocycles. The molecule has 0 bridgehead atoms. The highest BCUT2D eigenvalue weighted by Crippen LogP contribution is 2.26. The van der Waals surface area contributed by atoms with Crippen molar-refractivity contribution < 1.29 is 9.59 Å². The molecule has 1 aliphatic rings. The fraction of sp³-hybridized carbons (Fsp3) is 0.353. The molecule has 1 fully saturated rings. The summed E-state index contributed by atoms with van der Waals surface area (Å²) in [6.07, 6.45) is 0. The van der Waals surface area contributed by atoms with E-state index < -0.39 is 0 Å². The van der Waals surface area contributed by atoms with Crippen LogP contribution in [0.2, 0.25) is 0 Å². The predicted octanol–water partition coefficient (Wildman–Crippen LogP) is 3.36. The Labute approximate surface area is 144 Å². The maximum atomic E-state index is 12.5. The molecule has 0 aliphatic carbocycles. The number of hydrogen-bond donors (Lipinski definition) is 2. The zero-order valence-corrected chi connectivity index (χ0v) is 14.7. The average Bonchev–Trinajstić information content (AvgIpc) is 3.13. The maximum absolute atomic E-state index is 12.5. The topological polar surface area (TPSA) is 74.3 Å². The number of aryl methyl sites for hydroxylation is 1. The average molecular weight is 344 g/mol. The predicted molar refractivity (Wildman–Crippen MR) is 96.1 cm³/mol. The van der Waals surface area contributed by atoms with Crippen LogP contribution in [0.25, 0.3) is 0 Å². The zero-order chi connectivity index (χ0) is 17.3. The van der Waals surface area contributed by atoms with Gasteiger partial charge in [-0.15, -0.1) is 11.3 Å². The number of nitrogens with one attached hydrogen (secondary N) is 2. The minimum atomic E-state index is -0.167. The van der Waals surface area contributed by atoms with Gasteiger partial charge >= 0.3 is 6.03 Å². The van der Waals surface area contributed by atoms with E-state index in [4.69, 9.17) is 0 Å². The SMILES string of the molecule is Cc1nc(C(C)C)sc1C(=O)Nc1cccc(N2CCNC2=O)c1. The molecule has 1 aliphatic heterocycles. The summed E-state index contributed by atoms with van der Waals surface area (Å²) < 4.78 is 0. The Morgan fingerprint density at radius 1 is 1.42 bits per heavy atom. The number of rotatable bonds is 4. The molecule has 2 N–H and O–H groups in total. The molecule has 1 aromatic carbocycles. The van der Waals surface area contributed by atoms with Crippen LogP contribution in [-0.4, -0.2) is 30.0 Å². The van der Waals surface area contributed by atoms with Crippen molar-refractivity contribution in [3.8, 4) is 0 Å². The quantitative estimate of drug-likeness (QED) is 0.893. The first-order valence-electron chi connectivity index (χ1n) is 7.90. The van der Waals surface area contributed by atoms with Gasteiger partial charge in [0.2, 0.25) is 0 Å². The second-order valence-electron chi connectivity index (χ2n) is 6.01. The van der Waals surface area contributed by atoms with Gasteiger partial charge in [-0.1, -0.05) is 19.9 Å². The standard InChI is InChI=1S/C17H20N4O2S/c1-10(2)16-19-11(3)14(24-16)15(22)20-12-5-4-6-13(9-12)21-8-7-18-17(21)23/h4-6,9-10H,7-8H2,1-3H3,(H,18,23)(H,20,22). The first-order valence-corrected chi connectivity index (χ1v) is 8.71. The summed E-state index contributed by atoms with van der Waals surface area (Å²) in [4.78, 5) is 31.0. The number of nitrogens with zero attached hydrogens (tertiary/aromatic N) is 2. The van der Waals surface area contributed by atoms with E-state index >= 15 is 0 Å². The Morgan fingerprint density at radius 3 is 2.83 bits per heavy atom. The number of benzene rings is 1. The summed E-state index contributed by atoms with van der Waals surface area (Å²) >= 11 is 1.43. The summed E-state index contributed by atoms with van der Waals surface area (Å²) in [6.45, 7) is 7.23. The molecule has 0 spiro atoms. The third-order valence-corrected chi connectivity index (χ3v) is 5.24. The lowest BCUT2D eigenvalue weighted by atomic mass is 10.2. The van der Waals surface area contributed by atoms with E-state index in [-0.39, 0.29) is 11.9 Å². The van der Waals surface area contributed by atoms with Gasteiger partial charge < -0.3 is 10.6 Å². The van der Waals surface area contributed by atoms with Crippen molar-refractivity contribution in [2.45, 2.75) is 26.7 Å². The first kappa shape index (κ1) is 16.4. The van der Waals surface area contributed by atoms with Crippen LogP contribution in [0, 0.1) is 6.92 Å². The lowest BCUT2D eigenvalue weighted by molar-refractivity contribution is 0.103. The number of thiazole rings is 1. The highest BCUT2D eigenvalue weighted by molar-refractivity contribution is 7.14. The van der Waals surface area contributed by atoms with Crippen LogP contribution in [0.1, 0.15) is 40.1 Å². The molecule has 2 aromatic rings. The van der Waals surface area contributed by atoms with Crippen molar-refractivity contribution in [3.63, 3.8) is 0 Å². The minimum absolute atomic E-state index is 0.113. The van der Waals surface area contributed by atoms with Gasteiger partial charge in [-0.2, -0.15) is 0 Å². The van der Waals surface area contributed by atoms with E-state index in [1.807, 2.05) is 31.2 Å². The lowest BCUT2D eigenvalue weighted by Crippen LogP contribution is -2.27. The van der Waals surface area contributed by atoms with Crippen LogP contribution in [0.15, 0.2) is 24.3 Å². The molecule has 126 valence electrons. The van der Waals surface area contributed by atoms with Crippen LogP contribution >= 0.6 is 11.3 Å². The molecule has 2 heterocycles. The molecule has 6 nitrogen and oxygen atoms in total. The number of urea groups is 1. The monoisotopic (exact) mass is 344 g/mol. The van der Waals surface area contributed by atoms with Crippen LogP contribution < -0.4 is 15.5 Å². The van der Waals surface area contributed by atoms with Crippen molar-refractivity contribution in [1.29, 1.82) is 0 Å². The maximum Gasteiger partial charge on any atom is 0.321 e. The first-order chi connectivity index (χ1) is 11.5. The van der Waals surface area contributed by atoms with E-state index in [1.54, 1.807) is 4.90 Å². The molecule has 0 atom stereocenters. The highest BCUT2D eigenvalue weighted by Gasteiger charge is 2.22. The third-order valence-electron chi connectivity index (χ3n) is 3.79. The molecular weight excluding hydrogens is 324 g/mol. The largest absolute Gasteiger partial charge is 0.336 e. The molecule has 1 saturated heterocycles. The molecule has 3 rings (SSSR count). The zero-order valence-electron chi connectivity index (χ0n) is 13.9. The molecular formula is C17H20N4O2S. The number of carbonyl (C=O) groups is 2. The van der Waals surface area contributed by atoms with Gasteiger partial charge in [0.1, 0.15) is 4.88 Å². The van der Waals surface area contributed by atoms with Gasteiger partial charge in [0.25, 0.3) is 5.91 Å². The van der Waals surface area contributed by atoms with Crippen molar-refractivity contribution in [2.75, 3.05) is 23.3 Å². The summed E-state index contributed by atoms with van der Waals surface area (Å²) in [6, 6.07) is 7.20. The molecule has 0 radical (unpaired) electrons. The van der Waals surface area contributed by atoms with Gasteiger partial charge in [-0.25, -0.2) is 9.78 Å². The van der Waals surface area contributed by atoms with Crippen LogP contribution in [0.5, 0.6) is 0 Å². The number of hydrogen-bond acceptors (Lipinski definition) is 4. The Hall–Kier alpha value is -2.41. The van der Waals surface area contributed by atoms with E-state index in [0.717, 1.165) is 16.4 Å². The fourth-order valence-electron chi connectivity index (χ4n) is 2.53. The Kier molecular flexibility index (Phi) is 4.53. The van der Waals surface area contributed by atoms with Crippen molar-refractivity contribution in [3.05, 3.63) is 39.8 Å². The normalized spacial score (nSPS) is 14.2. The summed E-state index contributed by atoms with van der Waals surface area (Å²) in [7, 11) is 0. The third kappa shape index (κ3) is 3.26. The van der Waals surface area contributed by atoms with Crippen LogP contribution in [-0.2, 0) is 0 Å². The van der Waals surface area contributed by atoms with Gasteiger partial charge in [-0.05, 0) is 25.1 Å². The van der Waals surface area contributed by atoms with Crippen LogP contribution in [0.4, 0.5) is 16.2 Å². The fourth-order valence-corrected chi connectivity index (χ4v) is 3.50. The number of amides is 3. The highest BCUT2D eigenvalue weighted by atomic mass is 32.1. The Balaban J connectivity index is 1.78. The van der Waals surface area contributed by atoms with E-state index in [2.05, 4.69) is 29.5 Å². The number of carbonyl (C=O) groups excluding carboxylic acids is 2. The molecule has 7 heteroatoms. The second-order valence-corrected chi connectivity index (χ2v) is 7.04. The lowest BCUT2D eigenvalue weighted by Gasteiger charge is -2.15. The Morgan fingerprint density at radius 2 is 2.21 bits per heavy atom. The molecule has 0 saturated carbocycles. The smallest absolute Gasteiger partial charge is 0.321 e. The number of anilines is 2. The summed E-state index contributed by atoms with van der Waals surface area (Å²) in [5.74, 6) is 0.132. The van der Waals surface area contributed by atoms with Crippen molar-refractivity contribution in [2.24, 2.45) is 0 Å². The molecule has 3 amide bonds. The van der Waals surface area contributed by atoms with Gasteiger partial charge in [-0.3, -0.25) is 9.69 Å². The Bertz CT molecular complexity index is 785. The van der Waals surface area contributed by atoms with Gasteiger partial charge in [0, 0.05) is 30.4 Å². The summed E-state index contributed by atoms with van der Waals surface area (Å²) in [5, 5.41) is 6.63. The van der Waals surface area contributed by atoms with E-state index in [9.17, 15) is 9.59 Å².